The van der Waals surface area contributed by atoms with E-state index in [0.717, 1.165) is 67.5 Å². The highest BCUT2D eigenvalue weighted by atomic mass is 32.1. The lowest BCUT2D eigenvalue weighted by Gasteiger charge is -2.29. The summed E-state index contributed by atoms with van der Waals surface area (Å²) in [7, 11) is 3.56. The van der Waals surface area contributed by atoms with Crippen molar-refractivity contribution in [3.05, 3.63) is 115 Å². The monoisotopic (exact) mass is 916 g/mol. The molecule has 0 spiro atoms. The van der Waals surface area contributed by atoms with Gasteiger partial charge in [0.25, 0.3) is 0 Å². The van der Waals surface area contributed by atoms with Crippen LogP contribution in [0.4, 0.5) is 0 Å². The number of ether oxygens (including phenoxy) is 6. The van der Waals surface area contributed by atoms with Crippen LogP contribution in [0.5, 0.6) is 23.0 Å². The van der Waals surface area contributed by atoms with E-state index in [1.54, 1.807) is 14.2 Å². The summed E-state index contributed by atoms with van der Waals surface area (Å²) in [5, 5.41) is 0. The third-order valence-electron chi connectivity index (χ3n) is 11.5. The highest BCUT2D eigenvalue weighted by Gasteiger charge is 2.29. The summed E-state index contributed by atoms with van der Waals surface area (Å²) in [5.74, 6) is 3.35. The van der Waals surface area contributed by atoms with E-state index in [-0.39, 0.29) is 43.6 Å². The first-order valence-corrected chi connectivity index (χ1v) is 23.2. The van der Waals surface area contributed by atoms with Crippen molar-refractivity contribution < 1.29 is 28.4 Å². The molecule has 0 unspecified atom stereocenters. The second-order valence-electron chi connectivity index (χ2n) is 20.5. The molecule has 0 saturated carbocycles. The number of thiol groups is 2. The van der Waals surface area contributed by atoms with Gasteiger partial charge in [-0.1, -0.05) is 157 Å². The SMILES string of the molecule is COc1c2cc(C(C)(C)C)cc1Cc1cc(C(C)(C)C)cc(c1OCCOC(=S)S)Cc1cc(C(C)(C)C)cc(c1OC)Cc1cc(C(C)(C)C)cc(c1OCCOC(=S)S)C2. The van der Waals surface area contributed by atoms with Crippen molar-refractivity contribution >= 4 is 58.5 Å². The molecule has 4 aromatic rings. The molecule has 0 radical (unpaired) electrons. The Hall–Kier alpha value is -3.44. The molecule has 10 heteroatoms. The quantitative estimate of drug-likeness (QED) is 0.0816. The van der Waals surface area contributed by atoms with Crippen molar-refractivity contribution in [3.8, 4) is 23.0 Å². The van der Waals surface area contributed by atoms with Gasteiger partial charge in [0.15, 0.2) is 0 Å². The highest BCUT2D eigenvalue weighted by molar-refractivity contribution is 8.10. The van der Waals surface area contributed by atoms with Gasteiger partial charge in [-0.15, -0.1) is 0 Å². The fourth-order valence-electron chi connectivity index (χ4n) is 8.06. The number of hydrogen-bond donors (Lipinski definition) is 2. The van der Waals surface area contributed by atoms with Crippen LogP contribution in [-0.4, -0.2) is 49.4 Å². The summed E-state index contributed by atoms with van der Waals surface area (Å²) >= 11 is 18.7. The third-order valence-corrected chi connectivity index (χ3v) is 12.0. The lowest BCUT2D eigenvalue weighted by atomic mass is 9.79. The van der Waals surface area contributed by atoms with Crippen LogP contribution < -0.4 is 18.9 Å². The molecular formula is C52H68O6S4. The molecule has 1 aliphatic rings. The molecule has 0 saturated heterocycles. The van der Waals surface area contributed by atoms with Gasteiger partial charge in [-0.25, -0.2) is 0 Å². The second-order valence-corrected chi connectivity index (χ2v) is 22.7. The predicted molar refractivity (Wildman–Crippen MR) is 271 cm³/mol. The van der Waals surface area contributed by atoms with E-state index < -0.39 is 0 Å². The van der Waals surface area contributed by atoms with Crippen molar-refractivity contribution in [2.45, 2.75) is 130 Å². The maximum atomic E-state index is 6.83. The van der Waals surface area contributed by atoms with Gasteiger partial charge in [0.05, 0.1) is 14.2 Å². The molecule has 8 bridgehead atoms. The van der Waals surface area contributed by atoms with Crippen molar-refractivity contribution in [1.82, 2.24) is 0 Å². The normalized spacial score (nSPS) is 13.3. The van der Waals surface area contributed by atoms with E-state index in [1.165, 1.54) is 22.3 Å². The van der Waals surface area contributed by atoms with Crippen LogP contribution in [0.15, 0.2) is 48.5 Å². The van der Waals surface area contributed by atoms with Crippen molar-refractivity contribution in [3.63, 3.8) is 0 Å². The Balaban J connectivity index is 1.95. The fraction of sp³-hybridized carbons (Fsp3) is 0.500. The van der Waals surface area contributed by atoms with Crippen LogP contribution in [0.25, 0.3) is 0 Å². The molecule has 6 nitrogen and oxygen atoms in total. The van der Waals surface area contributed by atoms with E-state index in [9.17, 15) is 0 Å². The lowest BCUT2D eigenvalue weighted by molar-refractivity contribution is 0.214. The zero-order valence-electron chi connectivity index (χ0n) is 39.4. The molecule has 0 fully saturated rings. The Bertz CT molecular complexity index is 2030. The lowest BCUT2D eigenvalue weighted by Crippen LogP contribution is -2.18. The van der Waals surface area contributed by atoms with Gasteiger partial charge in [0, 0.05) is 25.7 Å². The van der Waals surface area contributed by atoms with Crippen LogP contribution >= 0.6 is 49.7 Å². The molecule has 0 amide bonds. The molecule has 0 N–H and O–H groups in total. The zero-order valence-corrected chi connectivity index (χ0v) is 42.9. The minimum atomic E-state index is -0.151. The first-order valence-electron chi connectivity index (χ1n) is 21.5. The zero-order chi connectivity index (χ0) is 45.9. The maximum absolute atomic E-state index is 6.83. The molecule has 5 rings (SSSR count). The van der Waals surface area contributed by atoms with Crippen molar-refractivity contribution in [2.75, 3.05) is 40.6 Å². The smallest absolute Gasteiger partial charge is 0.216 e. The number of thiocarbonyl (C=S) groups is 2. The highest BCUT2D eigenvalue weighted by Crippen LogP contribution is 2.44. The number of rotatable bonds is 10. The average molecular weight is 917 g/mol. The molecule has 0 aliphatic heterocycles. The summed E-state index contributed by atoms with van der Waals surface area (Å²) in [4.78, 5) is 0. The minimum absolute atomic E-state index is 0.151. The van der Waals surface area contributed by atoms with Crippen LogP contribution in [0.1, 0.15) is 150 Å². The fourth-order valence-corrected chi connectivity index (χ4v) is 8.41. The van der Waals surface area contributed by atoms with E-state index >= 15 is 0 Å². The number of hydrogen-bond acceptors (Lipinski definition) is 8. The molecule has 336 valence electrons. The molecule has 0 aromatic heterocycles. The van der Waals surface area contributed by atoms with Gasteiger partial charge >= 0.3 is 0 Å². The molecule has 4 aromatic carbocycles. The van der Waals surface area contributed by atoms with Gasteiger partial charge in [0.2, 0.25) is 8.77 Å². The predicted octanol–water partition coefficient (Wildman–Crippen LogP) is 12.8. The Kier molecular flexibility index (Phi) is 15.8. The second kappa shape index (κ2) is 19.7. The van der Waals surface area contributed by atoms with E-state index in [0.29, 0.717) is 38.9 Å². The Labute approximate surface area is 394 Å². The maximum Gasteiger partial charge on any atom is 0.216 e. The van der Waals surface area contributed by atoms with Gasteiger partial charge in [0.1, 0.15) is 49.4 Å². The molecule has 0 atom stereocenters. The topological polar surface area (TPSA) is 55.4 Å². The Morgan fingerprint density at radius 3 is 0.790 bits per heavy atom. The largest absolute Gasteiger partial charge is 0.496 e. The van der Waals surface area contributed by atoms with E-state index in [4.69, 9.17) is 52.9 Å². The first-order chi connectivity index (χ1) is 28.8. The first kappa shape index (κ1) is 49.6. The third kappa shape index (κ3) is 12.4. The van der Waals surface area contributed by atoms with Crippen LogP contribution in [0.2, 0.25) is 0 Å². The van der Waals surface area contributed by atoms with E-state index in [1.807, 2.05) is 0 Å². The van der Waals surface area contributed by atoms with Crippen LogP contribution in [0.3, 0.4) is 0 Å². The summed E-state index contributed by atoms with van der Waals surface area (Å²) in [5.41, 5.74) is 12.9. The van der Waals surface area contributed by atoms with E-state index in [2.05, 4.69) is 157 Å². The van der Waals surface area contributed by atoms with Crippen molar-refractivity contribution in [1.29, 1.82) is 0 Å². The summed E-state index contributed by atoms with van der Waals surface area (Å²) in [6, 6.07) is 18.5. The van der Waals surface area contributed by atoms with Gasteiger partial charge in [-0.3, -0.25) is 0 Å². The van der Waals surface area contributed by atoms with Crippen LogP contribution in [-0.2, 0) is 56.8 Å². The standard InChI is InChI=1S/C52H68O6S4/c1-49(2,3)39-23-31-19-35-27-41(51(7,8)9)29-37(45(35)55-15-17-57-47(59)60)21-33-25-40(50(4,5)6)26-34(44(33)54-14)22-38-30-42(52(10,11)12)28-36(20-32(24-39)43(31)53-13)46(38)56-16-18-58-48(61)62/h23-30H,15-22H2,1-14H3,(H,59,60)(H,61,62). The van der Waals surface area contributed by atoms with Gasteiger partial charge in [-0.05, 0) is 113 Å². The molecule has 0 heterocycles. The number of benzene rings is 4. The summed E-state index contributed by atoms with van der Waals surface area (Å²) in [6.45, 7) is 28.3. The molecule has 62 heavy (non-hydrogen) atoms. The van der Waals surface area contributed by atoms with Gasteiger partial charge < -0.3 is 28.4 Å². The Morgan fingerprint density at radius 2 is 0.613 bits per heavy atom. The summed E-state index contributed by atoms with van der Waals surface area (Å²) in [6.07, 6.45) is 2.28. The molecule has 1 aliphatic carbocycles. The Morgan fingerprint density at radius 1 is 0.403 bits per heavy atom. The number of fused-ring (bicyclic) bond motifs is 8. The molecular weight excluding hydrogens is 849 g/mol. The van der Waals surface area contributed by atoms with Gasteiger partial charge in [-0.2, -0.15) is 0 Å². The average Bonchev–Trinajstić information content (AvgIpc) is 3.14. The number of methoxy groups -OCH3 is 2. The van der Waals surface area contributed by atoms with Crippen molar-refractivity contribution in [2.24, 2.45) is 0 Å². The van der Waals surface area contributed by atoms with Crippen LogP contribution in [0, 0.1) is 0 Å². The minimum Gasteiger partial charge on any atom is -0.496 e. The summed E-state index contributed by atoms with van der Waals surface area (Å²) < 4.78 is 38.3.